The normalized spacial score (nSPS) is 15.2. The van der Waals surface area contributed by atoms with Crippen LogP contribution in [0.15, 0.2) is 53.2 Å². The molecule has 3 rings (SSSR count). The van der Waals surface area contributed by atoms with E-state index in [0.29, 0.717) is 24.0 Å². The van der Waals surface area contributed by atoms with Gasteiger partial charge >= 0.3 is 5.97 Å². The summed E-state index contributed by atoms with van der Waals surface area (Å²) in [5.41, 5.74) is 1.06. The third kappa shape index (κ3) is 3.91. The number of esters is 1. The molecular weight excluding hydrogens is 328 g/mol. The molecule has 2 aromatic carbocycles. The summed E-state index contributed by atoms with van der Waals surface area (Å²) in [7, 11) is 1.37. The first-order valence-corrected chi connectivity index (χ1v) is 7.65. The van der Waals surface area contributed by atoms with Crippen LogP contribution >= 0.6 is 0 Å². The van der Waals surface area contributed by atoms with E-state index in [0.717, 1.165) is 0 Å². The number of aryl methyl sites for hydroxylation is 1. The number of hydrogen-bond acceptors (Lipinski definition) is 4. The molecule has 128 valence electrons. The molecule has 0 N–H and O–H groups in total. The molecule has 0 fully saturated rings. The SMILES string of the molecule is COc1ccc(/C=C2/N=C(CCc3ccccc3F)OC2=O)cc1F. The smallest absolute Gasteiger partial charge is 0.363 e. The van der Waals surface area contributed by atoms with Gasteiger partial charge in [0.2, 0.25) is 0 Å². The zero-order valence-electron chi connectivity index (χ0n) is 13.5. The number of cyclic esters (lactones) is 1. The van der Waals surface area contributed by atoms with Crippen molar-refractivity contribution >= 4 is 17.9 Å². The molecule has 0 unspecified atom stereocenters. The Hall–Kier alpha value is -3.02. The number of nitrogens with zero attached hydrogens (tertiary/aromatic N) is 1. The lowest BCUT2D eigenvalue weighted by Gasteiger charge is -2.02. The monoisotopic (exact) mass is 343 g/mol. The minimum atomic E-state index is -0.611. The van der Waals surface area contributed by atoms with E-state index in [1.807, 2.05) is 0 Å². The minimum absolute atomic E-state index is 0.0769. The van der Waals surface area contributed by atoms with Gasteiger partial charge in [-0.05, 0) is 41.8 Å². The van der Waals surface area contributed by atoms with Gasteiger partial charge in [-0.1, -0.05) is 24.3 Å². The Balaban J connectivity index is 1.73. The lowest BCUT2D eigenvalue weighted by Crippen LogP contribution is -2.05. The highest BCUT2D eigenvalue weighted by molar-refractivity contribution is 6.07. The molecule has 1 aliphatic heterocycles. The number of carbonyl (C=O) groups excluding carboxylic acids is 1. The summed E-state index contributed by atoms with van der Waals surface area (Å²) in [6, 6.07) is 10.7. The number of methoxy groups -OCH3 is 1. The molecule has 0 radical (unpaired) electrons. The Morgan fingerprint density at radius 3 is 2.64 bits per heavy atom. The van der Waals surface area contributed by atoms with Gasteiger partial charge in [-0.15, -0.1) is 0 Å². The second-order valence-electron chi connectivity index (χ2n) is 5.41. The molecule has 2 aromatic rings. The van der Waals surface area contributed by atoms with E-state index in [2.05, 4.69) is 4.99 Å². The second kappa shape index (κ2) is 7.25. The van der Waals surface area contributed by atoms with E-state index in [1.54, 1.807) is 24.3 Å². The van der Waals surface area contributed by atoms with Gasteiger partial charge in [0.1, 0.15) is 5.82 Å². The van der Waals surface area contributed by atoms with E-state index in [9.17, 15) is 13.6 Å². The molecule has 0 bridgehead atoms. The van der Waals surface area contributed by atoms with Crippen molar-refractivity contribution in [3.05, 3.63) is 70.9 Å². The van der Waals surface area contributed by atoms with Crippen molar-refractivity contribution in [3.63, 3.8) is 0 Å². The molecule has 0 saturated carbocycles. The van der Waals surface area contributed by atoms with Gasteiger partial charge in [-0.25, -0.2) is 18.6 Å². The van der Waals surface area contributed by atoms with E-state index in [1.165, 1.54) is 31.4 Å². The fraction of sp³-hybridized carbons (Fsp3) is 0.158. The fourth-order valence-corrected chi connectivity index (χ4v) is 2.43. The van der Waals surface area contributed by atoms with Gasteiger partial charge in [0.25, 0.3) is 0 Å². The Bertz CT molecular complexity index is 875. The van der Waals surface area contributed by atoms with E-state index >= 15 is 0 Å². The van der Waals surface area contributed by atoms with E-state index < -0.39 is 11.8 Å². The molecule has 25 heavy (non-hydrogen) atoms. The quantitative estimate of drug-likeness (QED) is 0.611. The highest BCUT2D eigenvalue weighted by Gasteiger charge is 2.23. The molecular formula is C19H15F2NO3. The van der Waals surface area contributed by atoms with Gasteiger partial charge in [0, 0.05) is 6.42 Å². The summed E-state index contributed by atoms with van der Waals surface area (Å²) in [6.45, 7) is 0. The van der Waals surface area contributed by atoms with Crippen LogP contribution in [0.1, 0.15) is 17.5 Å². The molecule has 0 amide bonds. The molecule has 1 aliphatic rings. The molecule has 0 atom stereocenters. The summed E-state index contributed by atoms with van der Waals surface area (Å²) in [6.07, 6.45) is 2.09. The van der Waals surface area contributed by atoms with Crippen molar-refractivity contribution in [1.29, 1.82) is 0 Å². The number of aliphatic imine (C=N–C) groups is 1. The zero-order chi connectivity index (χ0) is 17.8. The highest BCUT2D eigenvalue weighted by atomic mass is 19.1. The van der Waals surface area contributed by atoms with Crippen LogP contribution in [-0.4, -0.2) is 19.0 Å². The number of hydrogen-bond donors (Lipinski definition) is 0. The number of rotatable bonds is 5. The van der Waals surface area contributed by atoms with Gasteiger partial charge in [-0.2, -0.15) is 0 Å². The Labute approximate surface area is 143 Å². The molecule has 4 nitrogen and oxygen atoms in total. The molecule has 1 heterocycles. The van der Waals surface area contributed by atoms with Crippen LogP contribution in [0.4, 0.5) is 8.78 Å². The van der Waals surface area contributed by atoms with Crippen molar-refractivity contribution in [2.45, 2.75) is 12.8 Å². The Morgan fingerprint density at radius 2 is 1.92 bits per heavy atom. The summed E-state index contributed by atoms with van der Waals surface area (Å²) < 4.78 is 37.2. The van der Waals surface area contributed by atoms with E-state index in [-0.39, 0.29) is 23.2 Å². The van der Waals surface area contributed by atoms with Crippen LogP contribution in [0.5, 0.6) is 5.75 Å². The maximum atomic E-state index is 13.7. The van der Waals surface area contributed by atoms with Crippen molar-refractivity contribution in [1.82, 2.24) is 0 Å². The van der Waals surface area contributed by atoms with Crippen molar-refractivity contribution < 1.29 is 23.0 Å². The van der Waals surface area contributed by atoms with Gasteiger partial charge in [-0.3, -0.25) is 0 Å². The predicted molar refractivity (Wildman–Crippen MR) is 89.2 cm³/mol. The Morgan fingerprint density at radius 1 is 1.12 bits per heavy atom. The van der Waals surface area contributed by atoms with Crippen LogP contribution in [0, 0.1) is 11.6 Å². The number of ether oxygens (including phenoxy) is 2. The van der Waals surface area contributed by atoms with Crippen LogP contribution in [-0.2, 0) is 16.0 Å². The van der Waals surface area contributed by atoms with Gasteiger partial charge in [0.15, 0.2) is 23.2 Å². The topological polar surface area (TPSA) is 47.9 Å². The van der Waals surface area contributed by atoms with Crippen LogP contribution < -0.4 is 4.74 Å². The van der Waals surface area contributed by atoms with E-state index in [4.69, 9.17) is 9.47 Å². The average molecular weight is 343 g/mol. The zero-order valence-corrected chi connectivity index (χ0v) is 13.5. The van der Waals surface area contributed by atoms with Crippen LogP contribution in [0.25, 0.3) is 6.08 Å². The number of halogens is 2. The average Bonchev–Trinajstić information content (AvgIpc) is 2.94. The highest BCUT2D eigenvalue weighted by Crippen LogP contribution is 2.22. The molecule has 0 saturated heterocycles. The van der Waals surface area contributed by atoms with Crippen molar-refractivity contribution in [2.75, 3.05) is 7.11 Å². The molecule has 0 aliphatic carbocycles. The second-order valence-corrected chi connectivity index (χ2v) is 5.41. The largest absolute Gasteiger partial charge is 0.494 e. The summed E-state index contributed by atoms with van der Waals surface area (Å²) in [5, 5.41) is 0. The predicted octanol–water partition coefficient (Wildman–Crippen LogP) is 3.90. The van der Waals surface area contributed by atoms with Crippen molar-refractivity contribution in [3.8, 4) is 5.75 Å². The van der Waals surface area contributed by atoms with Gasteiger partial charge in [0.05, 0.1) is 7.11 Å². The summed E-state index contributed by atoms with van der Waals surface area (Å²) >= 11 is 0. The first-order valence-electron chi connectivity index (χ1n) is 7.65. The lowest BCUT2D eigenvalue weighted by atomic mass is 10.1. The summed E-state index contributed by atoms with van der Waals surface area (Å²) in [4.78, 5) is 16.0. The lowest BCUT2D eigenvalue weighted by molar-refractivity contribution is -0.130. The molecule has 0 aromatic heterocycles. The van der Waals surface area contributed by atoms with Crippen molar-refractivity contribution in [2.24, 2.45) is 4.99 Å². The first-order chi connectivity index (χ1) is 12.1. The van der Waals surface area contributed by atoms with Crippen LogP contribution in [0.3, 0.4) is 0 Å². The number of benzene rings is 2. The molecule has 0 spiro atoms. The minimum Gasteiger partial charge on any atom is -0.494 e. The first kappa shape index (κ1) is 16.8. The maximum Gasteiger partial charge on any atom is 0.363 e. The van der Waals surface area contributed by atoms with Gasteiger partial charge < -0.3 is 9.47 Å². The summed E-state index contributed by atoms with van der Waals surface area (Å²) in [5.74, 6) is -1.12. The fourth-order valence-electron chi connectivity index (χ4n) is 2.43. The number of carbonyl (C=O) groups is 1. The standard InChI is InChI=1S/C19H15F2NO3/c1-24-17-8-6-12(10-15(17)21)11-16-19(23)25-18(22-16)9-7-13-4-2-3-5-14(13)20/h2-6,8,10-11H,7,9H2,1H3/b16-11+. The third-order valence-electron chi connectivity index (χ3n) is 3.71. The Kier molecular flexibility index (Phi) is 4.88. The van der Waals surface area contributed by atoms with Crippen LogP contribution in [0.2, 0.25) is 0 Å². The third-order valence-corrected chi connectivity index (χ3v) is 3.71. The molecule has 6 heteroatoms. The maximum absolute atomic E-state index is 13.7.